The van der Waals surface area contributed by atoms with Crippen LogP contribution < -0.4 is 0 Å². The number of hydrogen-bond acceptors (Lipinski definition) is 6. The summed E-state index contributed by atoms with van der Waals surface area (Å²) in [5, 5.41) is 25.8. The average Bonchev–Trinajstić information content (AvgIpc) is 1.55. The molecule has 0 bridgehead atoms. The van der Waals surface area contributed by atoms with Crippen LogP contribution in [0.4, 0.5) is 13.2 Å². The first kappa shape index (κ1) is 56.4. The van der Waals surface area contributed by atoms with Crippen LogP contribution in [0.1, 0.15) is 16.7 Å². The normalized spacial score (nSPS) is 11.5. The van der Waals surface area contributed by atoms with Gasteiger partial charge < -0.3 is 9.13 Å². The molecular weight excluding hydrogens is 1170 g/mol. The number of aromatic nitrogens is 6. The molecule has 6 heterocycles. The summed E-state index contributed by atoms with van der Waals surface area (Å²) in [7, 11) is 0. The largest absolute Gasteiger partial charge is 0.416 e. The van der Waals surface area contributed by atoms with Crippen LogP contribution in [0.3, 0.4) is 0 Å². The van der Waals surface area contributed by atoms with Gasteiger partial charge in [0.25, 0.3) is 0 Å². The Bertz CT molecular complexity index is 5090. The number of rotatable bonds is 11. The number of nitriles is 2. The molecule has 11 heteroatoms. The Morgan fingerprint density at radius 3 is 0.840 bits per heavy atom. The van der Waals surface area contributed by atoms with Crippen molar-refractivity contribution in [3.8, 4) is 124 Å². The van der Waals surface area contributed by atoms with Crippen LogP contribution in [-0.2, 0) is 6.18 Å². The minimum atomic E-state index is -4.78. The first-order chi connectivity index (χ1) is 46.1. The molecule has 10 aromatic carbocycles. The van der Waals surface area contributed by atoms with Gasteiger partial charge in [-0.15, -0.1) is 0 Å². The summed E-state index contributed by atoms with van der Waals surface area (Å²) in [6, 6.07) is 92.7. The Morgan fingerprint density at radius 2 is 0.574 bits per heavy atom. The van der Waals surface area contributed by atoms with Gasteiger partial charge in [-0.2, -0.15) is 23.7 Å². The maximum absolute atomic E-state index is 15.1. The summed E-state index contributed by atoms with van der Waals surface area (Å²) in [6.07, 6.45) is 2.70. The molecule has 0 N–H and O–H groups in total. The van der Waals surface area contributed by atoms with Gasteiger partial charge in [0.05, 0.1) is 73.4 Å². The lowest BCUT2D eigenvalue weighted by atomic mass is 9.96. The lowest BCUT2D eigenvalue weighted by molar-refractivity contribution is -0.137. The molecule has 0 fully saturated rings. The molecule has 0 atom stereocenters. The van der Waals surface area contributed by atoms with Crippen molar-refractivity contribution in [2.45, 2.75) is 6.18 Å². The number of fused-ring (bicyclic) bond motifs is 6. The van der Waals surface area contributed by atoms with Crippen molar-refractivity contribution in [1.29, 1.82) is 10.5 Å². The van der Waals surface area contributed by atoms with Crippen molar-refractivity contribution in [3.63, 3.8) is 0 Å². The fourth-order valence-electron chi connectivity index (χ4n) is 12.9. The van der Waals surface area contributed by atoms with Crippen molar-refractivity contribution in [3.05, 3.63) is 314 Å². The summed E-state index contributed by atoms with van der Waals surface area (Å²) in [4.78, 5) is 19.6. The zero-order valence-electron chi connectivity index (χ0n) is 50.0. The van der Waals surface area contributed by atoms with Gasteiger partial charge in [-0.05, 0) is 137 Å². The van der Waals surface area contributed by atoms with Crippen LogP contribution in [-0.4, -0.2) is 29.1 Å². The van der Waals surface area contributed by atoms with Crippen LogP contribution in [0, 0.1) is 22.7 Å². The van der Waals surface area contributed by atoms with Gasteiger partial charge in [0.1, 0.15) is 11.6 Å². The van der Waals surface area contributed by atoms with Crippen molar-refractivity contribution in [1.82, 2.24) is 29.1 Å². The molecule has 0 unspecified atom stereocenters. The molecular formula is C83H49F3N8. The maximum Gasteiger partial charge on any atom is 0.416 e. The van der Waals surface area contributed by atoms with E-state index < -0.39 is 11.7 Å². The predicted molar refractivity (Wildman–Crippen MR) is 370 cm³/mol. The maximum atomic E-state index is 15.1. The van der Waals surface area contributed by atoms with E-state index in [0.717, 1.165) is 145 Å². The fourth-order valence-corrected chi connectivity index (χ4v) is 12.9. The zero-order valence-corrected chi connectivity index (χ0v) is 50.0. The molecule has 0 amide bonds. The van der Waals surface area contributed by atoms with Crippen LogP contribution >= 0.6 is 0 Å². The number of hydrogen-bond donors (Lipinski definition) is 0. The van der Waals surface area contributed by atoms with Crippen LogP contribution in [0.5, 0.6) is 0 Å². The van der Waals surface area contributed by atoms with E-state index in [-0.39, 0.29) is 16.7 Å². The Balaban J connectivity index is 0.941. The number of benzene rings is 10. The molecule has 0 spiro atoms. The second-order valence-electron chi connectivity index (χ2n) is 23.2. The first-order valence-electron chi connectivity index (χ1n) is 30.6. The van der Waals surface area contributed by atoms with Crippen LogP contribution in [0.2, 0.25) is 0 Å². The SMILES string of the molecule is N#Cc1cc(-c2cc(-n3c4ccc(-c5ccc(-c6ccccc6)nc5)cc4c4cc(-c5ccc(-c6ccccc6)nc5)ccc43)c(C#N)c(-n3c4ccc(-c5ccc(-c6ccccc6)nc5)cc4c4cc(-c5ccc(-c6ccccc6)nc5)ccc43)c2)cc(C(F)(F)F)c1. The van der Waals surface area contributed by atoms with E-state index in [1.54, 1.807) is 12.1 Å². The Labute approximate surface area is 538 Å². The lowest BCUT2D eigenvalue weighted by Gasteiger charge is -2.19. The molecule has 0 saturated carbocycles. The van der Waals surface area contributed by atoms with E-state index in [1.807, 2.05) is 234 Å². The number of halogens is 3. The fraction of sp³-hybridized carbons (Fsp3) is 0.0120. The third-order valence-corrected chi connectivity index (χ3v) is 17.6. The molecule has 0 aliphatic heterocycles. The van der Waals surface area contributed by atoms with Gasteiger partial charge >= 0.3 is 6.18 Å². The molecule has 0 saturated heterocycles. The molecule has 16 aromatic rings. The van der Waals surface area contributed by atoms with Crippen molar-refractivity contribution < 1.29 is 13.2 Å². The highest BCUT2D eigenvalue weighted by atomic mass is 19.4. The minimum Gasteiger partial charge on any atom is -0.308 e. The molecule has 0 aliphatic carbocycles. The van der Waals surface area contributed by atoms with E-state index >= 15 is 13.2 Å². The van der Waals surface area contributed by atoms with Gasteiger partial charge in [0.2, 0.25) is 0 Å². The molecule has 16 rings (SSSR count). The molecule has 0 aliphatic rings. The smallest absolute Gasteiger partial charge is 0.308 e. The van der Waals surface area contributed by atoms with E-state index in [1.165, 1.54) is 6.07 Å². The molecule has 8 nitrogen and oxygen atoms in total. The average molecular weight is 1220 g/mol. The Hall–Kier alpha value is -12.8. The number of alkyl halides is 3. The minimum absolute atomic E-state index is 0.143. The Morgan fingerprint density at radius 1 is 0.277 bits per heavy atom. The standard InChI is InChI=1S/C83H49F3N8/c84-83(85,86)67-38-52(46-87)37-65(39-67)66-44-81(93-77-33-25-57(61-21-29-73(89-48-61)53-13-5-1-6-14-53)40-68(77)69-41-58(26-34-78(69)93)62-22-30-74(90-49-62)54-15-7-2-8-16-54)72(47-88)82(45-66)94-79-35-27-59(63-23-31-75(91-50-63)55-17-9-3-10-18-55)42-70(79)71-43-60(28-36-80(71)94)64-24-32-76(92-51-64)56-19-11-4-12-20-56/h1-45,48-51H. The van der Waals surface area contributed by atoms with E-state index in [9.17, 15) is 10.5 Å². The van der Waals surface area contributed by atoms with Crippen LogP contribution in [0.15, 0.2) is 298 Å². The van der Waals surface area contributed by atoms with Gasteiger partial charge in [0.15, 0.2) is 0 Å². The lowest BCUT2D eigenvalue weighted by Crippen LogP contribution is -2.07. The predicted octanol–water partition coefficient (Wildman–Crippen LogP) is 21.2. The van der Waals surface area contributed by atoms with Gasteiger partial charge in [-0.3, -0.25) is 19.9 Å². The van der Waals surface area contributed by atoms with Gasteiger partial charge in [0, 0.05) is 90.8 Å². The first-order valence-corrected chi connectivity index (χ1v) is 30.6. The monoisotopic (exact) mass is 1210 g/mol. The van der Waals surface area contributed by atoms with E-state index in [0.29, 0.717) is 16.9 Å². The quantitative estimate of drug-likeness (QED) is 0.128. The topological polar surface area (TPSA) is 109 Å². The van der Waals surface area contributed by atoms with Crippen molar-refractivity contribution in [2.24, 2.45) is 0 Å². The molecule has 0 radical (unpaired) electrons. The van der Waals surface area contributed by atoms with Crippen molar-refractivity contribution in [2.75, 3.05) is 0 Å². The van der Waals surface area contributed by atoms with Gasteiger partial charge in [-0.25, -0.2) is 0 Å². The van der Waals surface area contributed by atoms with Gasteiger partial charge in [-0.1, -0.05) is 170 Å². The third-order valence-electron chi connectivity index (χ3n) is 17.6. The molecule has 442 valence electrons. The van der Waals surface area contributed by atoms with E-state index in [2.05, 4.69) is 54.6 Å². The zero-order chi connectivity index (χ0) is 63.4. The second kappa shape index (κ2) is 23.2. The number of nitrogens with zero attached hydrogens (tertiary/aromatic N) is 8. The second-order valence-corrected chi connectivity index (χ2v) is 23.2. The summed E-state index contributed by atoms with van der Waals surface area (Å²) in [5.41, 5.74) is 17.8. The van der Waals surface area contributed by atoms with E-state index in [4.69, 9.17) is 19.9 Å². The molecule has 6 aromatic heterocycles. The number of pyridine rings is 4. The highest BCUT2D eigenvalue weighted by Gasteiger charge is 2.32. The third kappa shape index (κ3) is 10.3. The summed E-state index contributed by atoms with van der Waals surface area (Å²) >= 11 is 0. The summed E-state index contributed by atoms with van der Waals surface area (Å²) < 4.78 is 49.3. The highest BCUT2D eigenvalue weighted by Crippen LogP contribution is 2.45. The van der Waals surface area contributed by atoms with Crippen LogP contribution in [0.25, 0.3) is 156 Å². The summed E-state index contributed by atoms with van der Waals surface area (Å²) in [5.74, 6) is 0. The Kier molecular flexibility index (Phi) is 13.9. The molecule has 94 heavy (non-hydrogen) atoms. The van der Waals surface area contributed by atoms with Crippen molar-refractivity contribution >= 4 is 43.6 Å². The summed E-state index contributed by atoms with van der Waals surface area (Å²) in [6.45, 7) is 0. The highest BCUT2D eigenvalue weighted by molar-refractivity contribution is 6.14.